The highest BCUT2D eigenvalue weighted by Gasteiger charge is 2.41. The van der Waals surface area contributed by atoms with Gasteiger partial charge in [-0.25, -0.2) is 8.42 Å². The summed E-state index contributed by atoms with van der Waals surface area (Å²) >= 11 is 0. The summed E-state index contributed by atoms with van der Waals surface area (Å²) < 4.78 is 60.4. The molecule has 6 nitrogen and oxygen atoms in total. The average Bonchev–Trinajstić information content (AvgIpc) is 2.24. The molecule has 0 bridgehead atoms. The van der Waals surface area contributed by atoms with Gasteiger partial charge in [0.2, 0.25) is 5.91 Å². The molecule has 1 rings (SSSR count). The zero-order valence-electron chi connectivity index (χ0n) is 10.4. The number of sulfone groups is 1. The van der Waals surface area contributed by atoms with E-state index in [1.54, 1.807) is 0 Å². The van der Waals surface area contributed by atoms with Crippen LogP contribution in [0, 0.1) is 0 Å². The SMILES string of the molecule is O=C(O)CN(CC(F)(F)F)C(=O)C1CCCCS1(=O)=O. The number of nitrogens with zero attached hydrogens (tertiary/aromatic N) is 1. The van der Waals surface area contributed by atoms with Crippen molar-refractivity contribution < 1.29 is 36.3 Å². The van der Waals surface area contributed by atoms with Crippen LogP contribution in [0.2, 0.25) is 0 Å². The maximum Gasteiger partial charge on any atom is 0.406 e. The number of hydrogen-bond donors (Lipinski definition) is 1. The lowest BCUT2D eigenvalue weighted by molar-refractivity contribution is -0.165. The third kappa shape index (κ3) is 4.66. The quantitative estimate of drug-likeness (QED) is 0.812. The first-order chi connectivity index (χ1) is 9.03. The van der Waals surface area contributed by atoms with E-state index in [-0.39, 0.29) is 17.1 Å². The van der Waals surface area contributed by atoms with Crippen LogP contribution in [0.3, 0.4) is 0 Å². The molecular formula is C10H14F3NO5S. The van der Waals surface area contributed by atoms with E-state index in [0.29, 0.717) is 12.8 Å². The molecule has 1 atom stereocenters. The van der Waals surface area contributed by atoms with Gasteiger partial charge in [0.05, 0.1) is 5.75 Å². The van der Waals surface area contributed by atoms with Crippen LogP contribution in [0.5, 0.6) is 0 Å². The molecule has 20 heavy (non-hydrogen) atoms. The lowest BCUT2D eigenvalue weighted by atomic mass is 10.1. The second-order valence-corrected chi connectivity index (χ2v) is 6.86. The molecule has 0 saturated carbocycles. The van der Waals surface area contributed by atoms with Gasteiger partial charge in [-0.3, -0.25) is 9.59 Å². The fourth-order valence-electron chi connectivity index (χ4n) is 2.03. The summed E-state index contributed by atoms with van der Waals surface area (Å²) in [5.41, 5.74) is 0. The standard InChI is InChI=1S/C10H14F3NO5S/c11-10(12,13)6-14(5-8(15)16)9(17)7-3-1-2-4-20(7,18)19/h7H,1-6H2,(H,15,16). The van der Waals surface area contributed by atoms with Crippen LogP contribution in [0.25, 0.3) is 0 Å². The van der Waals surface area contributed by atoms with Gasteiger partial charge in [-0.2, -0.15) is 13.2 Å². The third-order valence-corrected chi connectivity index (χ3v) is 5.02. The van der Waals surface area contributed by atoms with Crippen LogP contribution >= 0.6 is 0 Å². The van der Waals surface area contributed by atoms with Crippen LogP contribution in [-0.2, 0) is 19.4 Å². The summed E-state index contributed by atoms with van der Waals surface area (Å²) in [5.74, 6) is -3.18. The van der Waals surface area contributed by atoms with Gasteiger partial charge in [0.25, 0.3) is 0 Å². The number of carboxylic acid groups (broad SMARTS) is 1. The number of alkyl halides is 3. The summed E-state index contributed by atoms with van der Waals surface area (Å²) in [5, 5.41) is 6.98. The maximum absolute atomic E-state index is 12.3. The lowest BCUT2D eigenvalue weighted by Crippen LogP contribution is -2.50. The molecule has 10 heteroatoms. The Morgan fingerprint density at radius 1 is 1.25 bits per heavy atom. The summed E-state index contributed by atoms with van der Waals surface area (Å²) in [6, 6.07) is 0. The first-order valence-electron chi connectivity index (χ1n) is 5.82. The van der Waals surface area contributed by atoms with Crippen molar-refractivity contribution >= 4 is 21.7 Å². The Kier molecular flexibility index (Phi) is 5.00. The molecular weight excluding hydrogens is 303 g/mol. The Hall–Kier alpha value is -1.32. The van der Waals surface area contributed by atoms with E-state index in [1.165, 1.54) is 0 Å². The van der Waals surface area contributed by atoms with Crippen molar-refractivity contribution in [1.29, 1.82) is 0 Å². The topological polar surface area (TPSA) is 91.8 Å². The maximum atomic E-state index is 12.3. The molecule has 1 aliphatic heterocycles. The second kappa shape index (κ2) is 5.98. The largest absolute Gasteiger partial charge is 0.480 e. The van der Waals surface area contributed by atoms with E-state index in [2.05, 4.69) is 0 Å². The van der Waals surface area contributed by atoms with Crippen molar-refractivity contribution in [3.63, 3.8) is 0 Å². The van der Waals surface area contributed by atoms with E-state index in [4.69, 9.17) is 5.11 Å². The van der Waals surface area contributed by atoms with Gasteiger partial charge in [0.15, 0.2) is 9.84 Å². The fraction of sp³-hybridized carbons (Fsp3) is 0.800. The number of hydrogen-bond acceptors (Lipinski definition) is 4. The van der Waals surface area contributed by atoms with E-state index < -0.39 is 46.2 Å². The minimum Gasteiger partial charge on any atom is -0.480 e. The molecule has 1 aliphatic rings. The van der Waals surface area contributed by atoms with Crippen molar-refractivity contribution in [3.8, 4) is 0 Å². The first-order valence-corrected chi connectivity index (χ1v) is 7.53. The van der Waals surface area contributed by atoms with Crippen molar-refractivity contribution in [2.45, 2.75) is 30.7 Å². The molecule has 116 valence electrons. The number of carboxylic acids is 1. The predicted octanol–water partition coefficient (Wildman–Crippen LogP) is 0.429. The summed E-state index contributed by atoms with van der Waals surface area (Å²) in [6.07, 6.45) is -4.11. The first kappa shape index (κ1) is 16.7. The van der Waals surface area contributed by atoms with E-state index >= 15 is 0 Å². The van der Waals surface area contributed by atoms with Gasteiger partial charge >= 0.3 is 12.1 Å². The second-order valence-electron chi connectivity index (χ2n) is 4.55. The van der Waals surface area contributed by atoms with Crippen molar-refractivity contribution in [1.82, 2.24) is 4.90 Å². The van der Waals surface area contributed by atoms with Gasteiger partial charge < -0.3 is 10.0 Å². The molecule has 0 aromatic heterocycles. The van der Waals surface area contributed by atoms with Gasteiger partial charge in [-0.15, -0.1) is 0 Å². The van der Waals surface area contributed by atoms with Gasteiger partial charge in [0, 0.05) is 0 Å². The number of carbonyl (C=O) groups is 2. The van der Waals surface area contributed by atoms with Crippen molar-refractivity contribution in [2.75, 3.05) is 18.8 Å². The Labute approximate surface area is 113 Å². The minimum absolute atomic E-state index is 0.0376. The average molecular weight is 317 g/mol. The normalized spacial score (nSPS) is 22.2. The zero-order chi connectivity index (χ0) is 15.6. The summed E-state index contributed by atoms with van der Waals surface area (Å²) in [7, 11) is -3.81. The molecule has 0 aromatic carbocycles. The lowest BCUT2D eigenvalue weighted by Gasteiger charge is -2.28. The van der Waals surface area contributed by atoms with E-state index in [9.17, 15) is 31.2 Å². The highest BCUT2D eigenvalue weighted by atomic mass is 32.2. The molecule has 1 unspecified atom stereocenters. The predicted molar refractivity (Wildman–Crippen MR) is 61.7 cm³/mol. The Bertz CT molecular complexity index is 488. The molecule has 1 N–H and O–H groups in total. The van der Waals surface area contributed by atoms with Crippen LogP contribution in [0.15, 0.2) is 0 Å². The van der Waals surface area contributed by atoms with Crippen LogP contribution < -0.4 is 0 Å². The number of halogens is 3. The molecule has 0 aliphatic carbocycles. The van der Waals surface area contributed by atoms with Crippen molar-refractivity contribution in [2.24, 2.45) is 0 Å². The summed E-state index contributed by atoms with van der Waals surface area (Å²) in [6.45, 7) is -2.95. The van der Waals surface area contributed by atoms with Gasteiger partial charge in [-0.05, 0) is 12.8 Å². The third-order valence-electron chi connectivity index (χ3n) is 2.86. The van der Waals surface area contributed by atoms with Crippen LogP contribution in [0.4, 0.5) is 13.2 Å². The van der Waals surface area contributed by atoms with Gasteiger partial charge in [-0.1, -0.05) is 6.42 Å². The number of aliphatic carboxylic acids is 1. The van der Waals surface area contributed by atoms with Crippen LogP contribution in [0.1, 0.15) is 19.3 Å². The molecule has 1 heterocycles. The smallest absolute Gasteiger partial charge is 0.406 e. The molecule has 0 spiro atoms. The molecule has 1 fully saturated rings. The van der Waals surface area contributed by atoms with Crippen molar-refractivity contribution in [3.05, 3.63) is 0 Å². The summed E-state index contributed by atoms with van der Waals surface area (Å²) in [4.78, 5) is 22.5. The molecule has 0 radical (unpaired) electrons. The van der Waals surface area contributed by atoms with Gasteiger partial charge in [0.1, 0.15) is 18.3 Å². The fourth-order valence-corrected chi connectivity index (χ4v) is 3.90. The van der Waals surface area contributed by atoms with Crippen LogP contribution in [-0.4, -0.2) is 60.6 Å². The molecule has 1 saturated heterocycles. The Morgan fingerprint density at radius 3 is 2.30 bits per heavy atom. The highest BCUT2D eigenvalue weighted by Crippen LogP contribution is 2.23. The highest BCUT2D eigenvalue weighted by molar-refractivity contribution is 7.92. The number of rotatable bonds is 4. The molecule has 0 aromatic rings. The van der Waals surface area contributed by atoms with E-state index in [1.807, 2.05) is 0 Å². The van der Waals surface area contributed by atoms with E-state index in [0.717, 1.165) is 0 Å². The zero-order valence-corrected chi connectivity index (χ0v) is 11.2. The Morgan fingerprint density at radius 2 is 1.85 bits per heavy atom. The minimum atomic E-state index is -4.79. The molecule has 1 amide bonds. The number of carbonyl (C=O) groups excluding carboxylic acids is 1. The Balaban J connectivity index is 2.94. The number of amides is 1. The monoisotopic (exact) mass is 317 g/mol.